The van der Waals surface area contributed by atoms with Crippen LogP contribution < -0.4 is 0 Å². The maximum absolute atomic E-state index is 11.4. The molecule has 0 N–H and O–H groups in total. The number of ether oxygens (including phenoxy) is 2. The number of carbonyl (C=O) groups is 1. The summed E-state index contributed by atoms with van der Waals surface area (Å²) in [5.41, 5.74) is 0. The summed E-state index contributed by atoms with van der Waals surface area (Å²) in [5.74, 6) is -0.0441. The van der Waals surface area contributed by atoms with Crippen molar-refractivity contribution in [1.29, 1.82) is 0 Å². The summed E-state index contributed by atoms with van der Waals surface area (Å²) >= 11 is 0. The van der Waals surface area contributed by atoms with E-state index in [9.17, 15) is 4.79 Å². The second-order valence-corrected chi connectivity index (χ2v) is 4.92. The van der Waals surface area contributed by atoms with E-state index in [0.29, 0.717) is 11.8 Å². The molecule has 2 aliphatic rings. The lowest BCUT2D eigenvalue weighted by Crippen LogP contribution is -2.46. The molecule has 0 saturated heterocycles. The van der Waals surface area contributed by atoms with Crippen molar-refractivity contribution in [2.75, 3.05) is 0 Å². The molecule has 0 aliphatic carbocycles. The Hall–Kier alpha value is -1.09. The van der Waals surface area contributed by atoms with E-state index in [4.69, 9.17) is 9.47 Å². The molecule has 3 nitrogen and oxygen atoms in total. The Morgan fingerprint density at radius 2 is 2.25 bits per heavy atom. The smallest absolute Gasteiger partial charge is 0.237 e. The summed E-state index contributed by atoms with van der Waals surface area (Å²) in [4.78, 5) is 11.4. The van der Waals surface area contributed by atoms with E-state index < -0.39 is 5.79 Å². The highest BCUT2D eigenvalue weighted by molar-refractivity contribution is 5.90. The van der Waals surface area contributed by atoms with Crippen molar-refractivity contribution >= 4 is 5.78 Å². The van der Waals surface area contributed by atoms with Crippen LogP contribution in [0.3, 0.4) is 0 Å². The van der Waals surface area contributed by atoms with Gasteiger partial charge in [0.15, 0.2) is 5.78 Å². The summed E-state index contributed by atoms with van der Waals surface area (Å²) in [6, 6.07) is 0. The molecule has 0 unspecified atom stereocenters. The maximum atomic E-state index is 11.4. The van der Waals surface area contributed by atoms with E-state index in [-0.39, 0.29) is 18.3 Å². The molecule has 0 amide bonds. The highest BCUT2D eigenvalue weighted by Crippen LogP contribution is 2.35. The van der Waals surface area contributed by atoms with Crippen molar-refractivity contribution in [3.8, 4) is 0 Å². The fourth-order valence-corrected chi connectivity index (χ4v) is 2.26. The van der Waals surface area contributed by atoms with Crippen LogP contribution in [0.25, 0.3) is 0 Å². The molecule has 1 spiro atoms. The molecule has 0 fully saturated rings. The van der Waals surface area contributed by atoms with Gasteiger partial charge in [0.25, 0.3) is 0 Å². The van der Waals surface area contributed by atoms with Gasteiger partial charge in [-0.1, -0.05) is 26.8 Å². The average Bonchev–Trinajstić information content (AvgIpc) is 2.22. The van der Waals surface area contributed by atoms with Gasteiger partial charge in [0, 0.05) is 12.0 Å². The molecule has 0 bridgehead atoms. The van der Waals surface area contributed by atoms with Gasteiger partial charge in [-0.2, -0.15) is 0 Å². The van der Waals surface area contributed by atoms with Crippen LogP contribution in [-0.2, 0) is 14.3 Å². The van der Waals surface area contributed by atoms with E-state index in [0.717, 1.165) is 0 Å². The van der Waals surface area contributed by atoms with Crippen LogP contribution in [0, 0.1) is 11.8 Å². The lowest BCUT2D eigenvalue weighted by atomic mass is 9.89. The van der Waals surface area contributed by atoms with Gasteiger partial charge < -0.3 is 9.47 Å². The molecule has 0 aromatic carbocycles. The largest absolute Gasteiger partial charge is 0.466 e. The predicted octanol–water partition coefficient (Wildman–Crippen LogP) is 2.43. The second-order valence-electron chi connectivity index (χ2n) is 4.92. The fourth-order valence-electron chi connectivity index (χ4n) is 2.26. The number of carbonyl (C=O) groups excluding carboxylic acids is 1. The van der Waals surface area contributed by atoms with Crippen molar-refractivity contribution in [2.45, 2.75) is 39.1 Å². The summed E-state index contributed by atoms with van der Waals surface area (Å²) in [7, 11) is 0. The third kappa shape index (κ3) is 2.05. The van der Waals surface area contributed by atoms with Crippen molar-refractivity contribution in [3.63, 3.8) is 0 Å². The van der Waals surface area contributed by atoms with Crippen LogP contribution >= 0.6 is 0 Å². The van der Waals surface area contributed by atoms with Crippen molar-refractivity contribution in [2.24, 2.45) is 11.8 Å². The molecule has 0 saturated carbocycles. The lowest BCUT2D eigenvalue weighted by Gasteiger charge is -2.41. The normalized spacial score (nSPS) is 38.1. The van der Waals surface area contributed by atoms with E-state index in [1.165, 1.54) is 12.3 Å². The molecular formula is C13H18O3. The minimum Gasteiger partial charge on any atom is -0.466 e. The minimum atomic E-state index is -0.854. The third-order valence-electron chi connectivity index (χ3n) is 3.11. The molecular weight excluding hydrogens is 204 g/mol. The minimum absolute atomic E-state index is 0.0490. The number of hydrogen-bond acceptors (Lipinski definition) is 3. The Balaban J connectivity index is 2.22. The first-order chi connectivity index (χ1) is 7.52. The summed E-state index contributed by atoms with van der Waals surface area (Å²) in [5, 5.41) is 0. The molecule has 88 valence electrons. The summed E-state index contributed by atoms with van der Waals surface area (Å²) in [6.45, 7) is 6.36. The Morgan fingerprint density at radius 1 is 1.50 bits per heavy atom. The van der Waals surface area contributed by atoms with E-state index in [1.54, 1.807) is 0 Å². The number of ketones is 1. The van der Waals surface area contributed by atoms with Gasteiger partial charge in [-0.25, -0.2) is 0 Å². The molecule has 0 radical (unpaired) electrons. The molecule has 2 heterocycles. The SMILES string of the molecule is CC(C)[C@H]1O[C@]2(C=C[C@@H]1C)CC(=O)C=CO2. The fraction of sp³-hybridized carbons (Fsp3) is 0.615. The van der Waals surface area contributed by atoms with E-state index >= 15 is 0 Å². The zero-order valence-electron chi connectivity index (χ0n) is 9.97. The van der Waals surface area contributed by atoms with Gasteiger partial charge in [0.2, 0.25) is 5.79 Å². The molecule has 0 aromatic heterocycles. The topological polar surface area (TPSA) is 35.5 Å². The van der Waals surface area contributed by atoms with Gasteiger partial charge in [-0.15, -0.1) is 0 Å². The van der Waals surface area contributed by atoms with Crippen LogP contribution in [0.1, 0.15) is 27.2 Å². The van der Waals surface area contributed by atoms with Gasteiger partial charge in [-0.3, -0.25) is 4.79 Å². The highest BCUT2D eigenvalue weighted by Gasteiger charge is 2.41. The van der Waals surface area contributed by atoms with Crippen LogP contribution in [0.15, 0.2) is 24.5 Å². The van der Waals surface area contributed by atoms with E-state index in [2.05, 4.69) is 26.8 Å². The molecule has 16 heavy (non-hydrogen) atoms. The molecule has 2 aliphatic heterocycles. The van der Waals surface area contributed by atoms with Gasteiger partial charge in [-0.05, 0) is 12.0 Å². The molecule has 0 aromatic rings. The first kappa shape index (κ1) is 11.4. The lowest BCUT2D eigenvalue weighted by molar-refractivity contribution is -0.228. The monoisotopic (exact) mass is 222 g/mol. The zero-order chi connectivity index (χ0) is 11.8. The quantitative estimate of drug-likeness (QED) is 0.639. The van der Waals surface area contributed by atoms with Crippen LogP contribution in [0.4, 0.5) is 0 Å². The summed E-state index contributed by atoms with van der Waals surface area (Å²) < 4.78 is 11.5. The Labute approximate surface area is 96.1 Å². The first-order valence-corrected chi connectivity index (χ1v) is 5.77. The predicted molar refractivity (Wildman–Crippen MR) is 60.6 cm³/mol. The van der Waals surface area contributed by atoms with Gasteiger partial charge in [0.1, 0.15) is 0 Å². The van der Waals surface area contributed by atoms with Gasteiger partial charge in [0.05, 0.1) is 18.8 Å². The zero-order valence-corrected chi connectivity index (χ0v) is 9.97. The van der Waals surface area contributed by atoms with Crippen LogP contribution in [0.2, 0.25) is 0 Å². The number of allylic oxidation sites excluding steroid dienone is 1. The molecule has 3 heteroatoms. The van der Waals surface area contributed by atoms with E-state index in [1.807, 2.05) is 6.08 Å². The molecule has 2 rings (SSSR count). The van der Waals surface area contributed by atoms with Crippen molar-refractivity contribution < 1.29 is 14.3 Å². The van der Waals surface area contributed by atoms with Crippen molar-refractivity contribution in [1.82, 2.24) is 0 Å². The second kappa shape index (κ2) is 4.06. The highest BCUT2D eigenvalue weighted by atomic mass is 16.7. The number of hydrogen-bond donors (Lipinski definition) is 0. The number of rotatable bonds is 1. The average molecular weight is 222 g/mol. The van der Waals surface area contributed by atoms with Gasteiger partial charge >= 0.3 is 0 Å². The Bertz CT molecular complexity index is 343. The van der Waals surface area contributed by atoms with Crippen molar-refractivity contribution in [3.05, 3.63) is 24.5 Å². The Morgan fingerprint density at radius 3 is 2.88 bits per heavy atom. The van der Waals surface area contributed by atoms with Crippen LogP contribution in [0.5, 0.6) is 0 Å². The maximum Gasteiger partial charge on any atom is 0.237 e. The Kier molecular flexibility index (Phi) is 2.89. The summed E-state index contributed by atoms with van der Waals surface area (Å²) in [6.07, 6.45) is 7.22. The standard InChI is InChI=1S/C13H18O3/c1-9(2)12-10(3)4-6-13(16-12)8-11(14)5-7-15-13/h4-7,9-10,12H,8H2,1-3H3/t10-,12+,13+/m0/s1. The third-order valence-corrected chi connectivity index (χ3v) is 3.11. The first-order valence-electron chi connectivity index (χ1n) is 5.77. The van der Waals surface area contributed by atoms with Crippen LogP contribution in [-0.4, -0.2) is 17.7 Å². The molecule has 3 atom stereocenters.